The Morgan fingerprint density at radius 2 is 1.74 bits per heavy atom. The first kappa shape index (κ1) is 23.8. The number of para-hydroxylation sites is 1. The minimum absolute atomic E-state index is 0.252. The molecule has 9 heteroatoms. The Hall–Kier alpha value is -3.36. The van der Waals surface area contributed by atoms with E-state index in [1.165, 1.54) is 36.0 Å². The van der Waals surface area contributed by atoms with E-state index in [9.17, 15) is 18.8 Å². The van der Waals surface area contributed by atoms with E-state index in [4.69, 9.17) is 11.6 Å². The summed E-state index contributed by atoms with van der Waals surface area (Å²) in [7, 11) is 0. The van der Waals surface area contributed by atoms with Crippen molar-refractivity contribution in [1.82, 2.24) is 10.2 Å². The molecule has 3 aromatic carbocycles. The van der Waals surface area contributed by atoms with Crippen LogP contribution in [0.15, 0.2) is 82.6 Å². The van der Waals surface area contributed by atoms with Crippen LogP contribution in [0.1, 0.15) is 18.9 Å². The zero-order valence-corrected chi connectivity index (χ0v) is 19.8. The van der Waals surface area contributed by atoms with Crippen LogP contribution in [0.25, 0.3) is 0 Å². The molecule has 2 N–H and O–H groups in total. The molecule has 4 rings (SSSR count). The summed E-state index contributed by atoms with van der Waals surface area (Å²) in [5.74, 6) is -1.51. The Kier molecular flexibility index (Phi) is 6.90. The third-order valence-corrected chi connectivity index (χ3v) is 6.88. The molecule has 6 nitrogen and oxygen atoms in total. The molecule has 0 aliphatic carbocycles. The molecule has 0 bridgehead atoms. The molecule has 0 aromatic heterocycles. The van der Waals surface area contributed by atoms with Crippen molar-refractivity contribution in [3.8, 4) is 0 Å². The van der Waals surface area contributed by atoms with E-state index in [2.05, 4.69) is 10.6 Å². The SMILES string of the molecule is CC[C@]1(c2ccc(F)cc2)NC(=O)N(CC(=O)Nc2ccccc2Sc2ccc(Cl)cc2)C1=O. The van der Waals surface area contributed by atoms with Crippen molar-refractivity contribution >= 4 is 46.9 Å². The van der Waals surface area contributed by atoms with Crippen LogP contribution in [0.4, 0.5) is 14.9 Å². The minimum Gasteiger partial charge on any atom is -0.323 e. The van der Waals surface area contributed by atoms with E-state index in [1.54, 1.807) is 31.2 Å². The molecule has 0 saturated carbocycles. The van der Waals surface area contributed by atoms with Gasteiger partial charge in [-0.3, -0.25) is 14.5 Å². The summed E-state index contributed by atoms with van der Waals surface area (Å²) >= 11 is 7.39. The number of halogens is 2. The molecule has 3 aromatic rings. The van der Waals surface area contributed by atoms with Crippen LogP contribution in [0, 0.1) is 5.82 Å². The molecule has 1 atom stereocenters. The Labute approximate surface area is 205 Å². The molecule has 1 aliphatic heterocycles. The summed E-state index contributed by atoms with van der Waals surface area (Å²) in [6.45, 7) is 1.29. The van der Waals surface area contributed by atoms with Gasteiger partial charge in [0.2, 0.25) is 5.91 Å². The number of anilines is 1. The largest absolute Gasteiger partial charge is 0.325 e. The third-order valence-electron chi connectivity index (χ3n) is 5.55. The lowest BCUT2D eigenvalue weighted by Gasteiger charge is -2.25. The van der Waals surface area contributed by atoms with Crippen LogP contribution in [-0.4, -0.2) is 29.3 Å². The lowest BCUT2D eigenvalue weighted by molar-refractivity contribution is -0.134. The van der Waals surface area contributed by atoms with Gasteiger partial charge in [0.25, 0.3) is 5.91 Å². The Bertz CT molecular complexity index is 1240. The highest BCUT2D eigenvalue weighted by molar-refractivity contribution is 7.99. The number of urea groups is 1. The number of nitrogens with zero attached hydrogens (tertiary/aromatic N) is 1. The number of rotatable bonds is 7. The normalized spacial score (nSPS) is 17.6. The van der Waals surface area contributed by atoms with Crippen LogP contribution in [0.2, 0.25) is 5.02 Å². The summed E-state index contributed by atoms with van der Waals surface area (Å²) in [6, 6.07) is 19.3. The standard InChI is InChI=1S/C25H21ClFN3O3S/c1-2-25(16-7-11-18(27)12-8-16)23(32)30(24(33)29-25)15-22(31)28-20-5-3-4-6-21(20)34-19-13-9-17(26)10-14-19/h3-14H,2,15H2,1H3,(H,28,31)(H,29,33)/t25-/m1/s1. The van der Waals surface area contributed by atoms with Gasteiger partial charge in [-0.2, -0.15) is 0 Å². The van der Waals surface area contributed by atoms with Crippen molar-refractivity contribution in [1.29, 1.82) is 0 Å². The summed E-state index contributed by atoms with van der Waals surface area (Å²) in [6.07, 6.45) is 0.252. The van der Waals surface area contributed by atoms with Crippen molar-refractivity contribution in [2.45, 2.75) is 28.7 Å². The second-order valence-electron chi connectivity index (χ2n) is 7.69. The second kappa shape index (κ2) is 9.87. The van der Waals surface area contributed by atoms with Gasteiger partial charge in [-0.05, 0) is 60.5 Å². The number of imide groups is 1. The van der Waals surface area contributed by atoms with E-state index in [-0.39, 0.29) is 6.42 Å². The van der Waals surface area contributed by atoms with E-state index in [0.29, 0.717) is 16.3 Å². The van der Waals surface area contributed by atoms with Gasteiger partial charge >= 0.3 is 6.03 Å². The van der Waals surface area contributed by atoms with Crippen molar-refractivity contribution in [3.05, 3.63) is 89.2 Å². The van der Waals surface area contributed by atoms with Gasteiger partial charge < -0.3 is 10.6 Å². The number of amides is 4. The third kappa shape index (κ3) is 4.78. The van der Waals surface area contributed by atoms with Crippen LogP contribution in [0.3, 0.4) is 0 Å². The van der Waals surface area contributed by atoms with Gasteiger partial charge in [0, 0.05) is 14.8 Å². The van der Waals surface area contributed by atoms with E-state index < -0.39 is 35.7 Å². The summed E-state index contributed by atoms with van der Waals surface area (Å²) < 4.78 is 13.4. The molecule has 1 aliphatic rings. The van der Waals surface area contributed by atoms with E-state index >= 15 is 0 Å². The summed E-state index contributed by atoms with van der Waals surface area (Å²) in [4.78, 5) is 41.3. The summed E-state index contributed by atoms with van der Waals surface area (Å²) in [5.41, 5.74) is -0.324. The van der Waals surface area contributed by atoms with Gasteiger partial charge in [-0.1, -0.05) is 54.6 Å². The van der Waals surface area contributed by atoms with Crippen molar-refractivity contribution in [2.75, 3.05) is 11.9 Å². The molecular formula is C25H21ClFN3O3S. The highest BCUT2D eigenvalue weighted by Gasteiger charge is 2.51. The average molecular weight is 498 g/mol. The Morgan fingerprint density at radius 1 is 1.06 bits per heavy atom. The lowest BCUT2D eigenvalue weighted by atomic mass is 9.87. The predicted molar refractivity (Wildman–Crippen MR) is 129 cm³/mol. The van der Waals surface area contributed by atoms with E-state index in [1.807, 2.05) is 24.3 Å². The predicted octanol–water partition coefficient (Wildman–Crippen LogP) is 5.43. The number of benzene rings is 3. The molecule has 0 unspecified atom stereocenters. The van der Waals surface area contributed by atoms with Crippen molar-refractivity contribution in [3.63, 3.8) is 0 Å². The molecule has 34 heavy (non-hydrogen) atoms. The first-order valence-electron chi connectivity index (χ1n) is 10.5. The smallest absolute Gasteiger partial charge is 0.323 e. The highest BCUT2D eigenvalue weighted by atomic mass is 35.5. The zero-order valence-electron chi connectivity index (χ0n) is 18.2. The maximum atomic E-state index is 13.4. The molecule has 4 amide bonds. The number of carbonyl (C=O) groups is 3. The first-order valence-corrected chi connectivity index (χ1v) is 11.7. The van der Waals surface area contributed by atoms with Crippen molar-refractivity contribution in [2.24, 2.45) is 0 Å². The molecule has 174 valence electrons. The molecule has 1 heterocycles. The fourth-order valence-electron chi connectivity index (χ4n) is 3.77. The quantitative estimate of drug-likeness (QED) is 0.427. The van der Waals surface area contributed by atoms with Crippen LogP contribution in [-0.2, 0) is 15.1 Å². The van der Waals surface area contributed by atoms with Gasteiger partial charge in [-0.15, -0.1) is 0 Å². The summed E-state index contributed by atoms with van der Waals surface area (Å²) in [5, 5.41) is 6.11. The fraction of sp³-hybridized carbons (Fsp3) is 0.160. The zero-order chi connectivity index (χ0) is 24.3. The number of hydrogen-bond donors (Lipinski definition) is 2. The molecule has 1 fully saturated rings. The molecule has 0 spiro atoms. The van der Waals surface area contributed by atoms with Crippen molar-refractivity contribution < 1.29 is 18.8 Å². The number of hydrogen-bond acceptors (Lipinski definition) is 4. The van der Waals surface area contributed by atoms with Crippen LogP contribution in [0.5, 0.6) is 0 Å². The van der Waals surface area contributed by atoms with Gasteiger partial charge in [0.15, 0.2) is 0 Å². The number of nitrogens with one attached hydrogen (secondary N) is 2. The van der Waals surface area contributed by atoms with E-state index in [0.717, 1.165) is 14.7 Å². The minimum atomic E-state index is -1.34. The Balaban J connectivity index is 1.49. The van der Waals surface area contributed by atoms with Gasteiger partial charge in [-0.25, -0.2) is 9.18 Å². The average Bonchev–Trinajstić information content (AvgIpc) is 3.07. The molecule has 0 radical (unpaired) electrons. The maximum Gasteiger partial charge on any atom is 0.325 e. The lowest BCUT2D eigenvalue weighted by Crippen LogP contribution is -2.44. The molecular weight excluding hydrogens is 477 g/mol. The topological polar surface area (TPSA) is 78.5 Å². The van der Waals surface area contributed by atoms with Gasteiger partial charge in [0.1, 0.15) is 17.9 Å². The van der Waals surface area contributed by atoms with Gasteiger partial charge in [0.05, 0.1) is 5.69 Å². The maximum absolute atomic E-state index is 13.4. The second-order valence-corrected chi connectivity index (χ2v) is 9.24. The monoisotopic (exact) mass is 497 g/mol. The Morgan fingerprint density at radius 3 is 2.41 bits per heavy atom. The van der Waals surface area contributed by atoms with Crippen LogP contribution < -0.4 is 10.6 Å². The first-order chi connectivity index (χ1) is 16.3. The molecule has 1 saturated heterocycles. The fourth-order valence-corrected chi connectivity index (χ4v) is 4.79. The number of carbonyl (C=O) groups excluding carboxylic acids is 3. The highest BCUT2D eigenvalue weighted by Crippen LogP contribution is 2.35. The van der Waals surface area contributed by atoms with Crippen LogP contribution >= 0.6 is 23.4 Å².